The van der Waals surface area contributed by atoms with Gasteiger partial charge in [0.25, 0.3) is 0 Å². The lowest BCUT2D eigenvalue weighted by Crippen LogP contribution is -2.24. The fourth-order valence-electron chi connectivity index (χ4n) is 1.87. The lowest BCUT2D eigenvalue weighted by atomic mass is 10.0. The van der Waals surface area contributed by atoms with Gasteiger partial charge in [0.2, 0.25) is 0 Å². The summed E-state index contributed by atoms with van der Waals surface area (Å²) in [7, 11) is 0. The molecule has 2 heterocycles. The largest absolute Gasteiger partial charge is 0.490 e. The smallest absolute Gasteiger partial charge is 0.477 e. The predicted octanol–water partition coefficient (Wildman–Crippen LogP) is 2.25. The first-order chi connectivity index (χ1) is 11.2. The zero-order valence-electron chi connectivity index (χ0n) is 12.5. The molecule has 0 aromatic carbocycles. The summed E-state index contributed by atoms with van der Waals surface area (Å²) in [5.74, 6) is -2.67. The third-order valence-corrected chi connectivity index (χ3v) is 3.04. The Bertz CT molecular complexity index is 560. The van der Waals surface area contributed by atoms with E-state index >= 15 is 0 Å². The number of alkyl halides is 3. The molecule has 1 fully saturated rings. The Hall–Kier alpha value is -2.36. The van der Waals surface area contributed by atoms with Crippen LogP contribution in [0.4, 0.5) is 19.0 Å². The van der Waals surface area contributed by atoms with Gasteiger partial charge in [0, 0.05) is 13.2 Å². The number of nitrogens with zero attached hydrogens (tertiary/aromatic N) is 1. The number of ether oxygens (including phenoxy) is 1. The van der Waals surface area contributed by atoms with Crippen molar-refractivity contribution in [2.75, 3.05) is 25.1 Å². The molecule has 24 heavy (non-hydrogen) atoms. The number of pyridine rings is 1. The van der Waals surface area contributed by atoms with Crippen LogP contribution in [0.2, 0.25) is 0 Å². The maximum absolute atomic E-state index is 10.7. The molecule has 0 aliphatic carbocycles. The van der Waals surface area contributed by atoms with Gasteiger partial charge in [-0.1, -0.05) is 6.07 Å². The quantitative estimate of drug-likeness (QED) is 0.764. The van der Waals surface area contributed by atoms with Gasteiger partial charge in [0.1, 0.15) is 5.82 Å². The summed E-state index contributed by atoms with van der Waals surface area (Å²) in [6.45, 7) is 2.39. The highest BCUT2D eigenvalue weighted by Crippen LogP contribution is 2.14. The molecule has 3 N–H and O–H groups in total. The molecule has 1 aliphatic heterocycles. The summed E-state index contributed by atoms with van der Waals surface area (Å²) in [6, 6.07) is 4.95. The molecule has 0 radical (unpaired) electrons. The van der Waals surface area contributed by atoms with Gasteiger partial charge in [-0.2, -0.15) is 13.2 Å². The molecular formula is C14H17F3N2O5. The van der Waals surface area contributed by atoms with Crippen LogP contribution in [0, 0.1) is 5.92 Å². The number of nitrogens with one attached hydrogen (secondary N) is 1. The van der Waals surface area contributed by atoms with Crippen LogP contribution in [0.1, 0.15) is 23.3 Å². The fraction of sp³-hybridized carbons (Fsp3) is 0.500. The number of halogens is 3. The van der Waals surface area contributed by atoms with Gasteiger partial charge < -0.3 is 20.3 Å². The van der Waals surface area contributed by atoms with Gasteiger partial charge in [-0.05, 0) is 30.9 Å². The Morgan fingerprint density at radius 1 is 1.33 bits per heavy atom. The van der Waals surface area contributed by atoms with Crippen molar-refractivity contribution in [3.8, 4) is 0 Å². The Morgan fingerprint density at radius 3 is 2.50 bits per heavy atom. The van der Waals surface area contributed by atoms with Crippen molar-refractivity contribution >= 4 is 17.8 Å². The Balaban J connectivity index is 0.000000351. The van der Waals surface area contributed by atoms with Crippen molar-refractivity contribution in [1.82, 2.24) is 4.98 Å². The maximum Gasteiger partial charge on any atom is 0.490 e. The van der Waals surface area contributed by atoms with Gasteiger partial charge in [-0.3, -0.25) is 0 Å². The van der Waals surface area contributed by atoms with Gasteiger partial charge in [-0.25, -0.2) is 14.6 Å². The Kier molecular flexibility index (Phi) is 7.43. The highest BCUT2D eigenvalue weighted by molar-refractivity contribution is 5.85. The molecule has 0 saturated carbocycles. The van der Waals surface area contributed by atoms with Crippen LogP contribution < -0.4 is 5.32 Å². The average molecular weight is 350 g/mol. The summed E-state index contributed by atoms with van der Waals surface area (Å²) < 4.78 is 37.1. The van der Waals surface area contributed by atoms with Crippen molar-refractivity contribution in [3.05, 3.63) is 23.9 Å². The molecule has 1 aromatic heterocycles. The van der Waals surface area contributed by atoms with Gasteiger partial charge >= 0.3 is 18.1 Å². The van der Waals surface area contributed by atoms with Gasteiger partial charge in [0.05, 0.1) is 6.61 Å². The van der Waals surface area contributed by atoms with Crippen LogP contribution in [0.5, 0.6) is 0 Å². The number of rotatable bonds is 4. The molecule has 1 unspecified atom stereocenters. The lowest BCUT2D eigenvalue weighted by molar-refractivity contribution is -0.192. The second-order valence-electron chi connectivity index (χ2n) is 4.98. The number of carboxylic acids is 2. The molecule has 1 saturated heterocycles. The third-order valence-electron chi connectivity index (χ3n) is 3.04. The summed E-state index contributed by atoms with van der Waals surface area (Å²) in [6.07, 6.45) is -2.85. The monoisotopic (exact) mass is 350 g/mol. The number of hydrogen-bond donors (Lipinski definition) is 3. The highest BCUT2D eigenvalue weighted by atomic mass is 19.4. The van der Waals surface area contributed by atoms with Crippen LogP contribution in [0.15, 0.2) is 18.2 Å². The Morgan fingerprint density at radius 2 is 2.00 bits per heavy atom. The minimum atomic E-state index is -5.08. The number of aromatic nitrogens is 1. The molecular weight excluding hydrogens is 333 g/mol. The van der Waals surface area contributed by atoms with Crippen LogP contribution >= 0.6 is 0 Å². The van der Waals surface area contributed by atoms with Gasteiger partial charge in [-0.15, -0.1) is 0 Å². The van der Waals surface area contributed by atoms with Crippen molar-refractivity contribution in [2.45, 2.75) is 19.0 Å². The number of hydrogen-bond acceptors (Lipinski definition) is 5. The van der Waals surface area contributed by atoms with E-state index in [0.717, 1.165) is 32.6 Å². The Labute approximate surface area is 135 Å². The van der Waals surface area contributed by atoms with E-state index in [4.69, 9.17) is 19.7 Å². The average Bonchev–Trinajstić information content (AvgIpc) is 2.54. The van der Waals surface area contributed by atoms with E-state index in [1.807, 2.05) is 0 Å². The number of carboxylic acid groups (broad SMARTS) is 2. The summed E-state index contributed by atoms with van der Waals surface area (Å²) in [5, 5.41) is 19.1. The lowest BCUT2D eigenvalue weighted by Gasteiger charge is -2.22. The molecule has 134 valence electrons. The van der Waals surface area contributed by atoms with E-state index in [-0.39, 0.29) is 5.69 Å². The zero-order chi connectivity index (χ0) is 18.2. The zero-order valence-corrected chi connectivity index (χ0v) is 12.5. The van der Waals surface area contributed by atoms with Crippen LogP contribution in [0.3, 0.4) is 0 Å². The molecule has 10 heteroatoms. The summed E-state index contributed by atoms with van der Waals surface area (Å²) >= 11 is 0. The van der Waals surface area contributed by atoms with E-state index < -0.39 is 18.1 Å². The first kappa shape index (κ1) is 19.7. The standard InChI is InChI=1S/C12H16N2O3.C2HF3O2/c15-12(16)10-4-1-5-11(14-10)13-7-9-3-2-6-17-8-9;3-2(4,5)1(6)7/h1,4-5,9H,2-3,6-8H2,(H,13,14)(H,15,16);(H,6,7). The van der Waals surface area contributed by atoms with E-state index in [0.29, 0.717) is 11.7 Å². The molecule has 1 aliphatic rings. The van der Waals surface area contributed by atoms with Crippen molar-refractivity contribution in [1.29, 1.82) is 0 Å². The molecule has 1 atom stereocenters. The predicted molar refractivity (Wildman–Crippen MR) is 76.9 cm³/mol. The second kappa shape index (κ2) is 9.06. The first-order valence-electron chi connectivity index (χ1n) is 7.02. The number of aromatic carboxylic acids is 1. The molecule has 0 amide bonds. The second-order valence-corrected chi connectivity index (χ2v) is 4.98. The molecule has 0 bridgehead atoms. The number of carbonyl (C=O) groups is 2. The number of anilines is 1. The SMILES string of the molecule is O=C(O)C(F)(F)F.O=C(O)c1cccc(NCC2CCCOC2)n1. The minimum absolute atomic E-state index is 0.0647. The molecule has 0 spiro atoms. The fourth-order valence-corrected chi connectivity index (χ4v) is 1.87. The van der Waals surface area contributed by atoms with Crippen molar-refractivity contribution < 1.29 is 37.7 Å². The molecule has 7 nitrogen and oxygen atoms in total. The van der Waals surface area contributed by atoms with Gasteiger partial charge in [0.15, 0.2) is 5.69 Å². The summed E-state index contributed by atoms with van der Waals surface area (Å²) in [4.78, 5) is 23.6. The normalized spacial score (nSPS) is 17.4. The van der Waals surface area contributed by atoms with Crippen molar-refractivity contribution in [2.24, 2.45) is 5.92 Å². The van der Waals surface area contributed by atoms with E-state index in [1.165, 1.54) is 6.07 Å². The maximum atomic E-state index is 10.7. The molecule has 1 aromatic rings. The highest BCUT2D eigenvalue weighted by Gasteiger charge is 2.38. The number of aliphatic carboxylic acids is 1. The minimum Gasteiger partial charge on any atom is -0.477 e. The van der Waals surface area contributed by atoms with E-state index in [9.17, 15) is 18.0 Å². The van der Waals surface area contributed by atoms with Crippen LogP contribution in [0.25, 0.3) is 0 Å². The van der Waals surface area contributed by atoms with E-state index in [1.54, 1.807) is 12.1 Å². The van der Waals surface area contributed by atoms with E-state index in [2.05, 4.69) is 10.3 Å². The van der Waals surface area contributed by atoms with Crippen LogP contribution in [-0.2, 0) is 9.53 Å². The van der Waals surface area contributed by atoms with Crippen LogP contribution in [-0.4, -0.2) is 53.1 Å². The molecule has 2 rings (SSSR count). The van der Waals surface area contributed by atoms with Crippen molar-refractivity contribution in [3.63, 3.8) is 0 Å². The summed E-state index contributed by atoms with van der Waals surface area (Å²) in [5.41, 5.74) is 0.0647. The third kappa shape index (κ3) is 7.27. The topological polar surface area (TPSA) is 109 Å². The first-order valence-corrected chi connectivity index (χ1v) is 7.02.